The summed E-state index contributed by atoms with van der Waals surface area (Å²) in [5.74, 6) is 0.967. The zero-order chi connectivity index (χ0) is 15.2. The number of ether oxygens (including phenoxy) is 1. The summed E-state index contributed by atoms with van der Waals surface area (Å²) < 4.78 is 5.91. The van der Waals surface area contributed by atoms with Crippen LogP contribution in [0.5, 0.6) is 5.75 Å². The Morgan fingerprint density at radius 3 is 2.43 bits per heavy atom. The Hall–Kier alpha value is -1.26. The Bertz CT molecular complexity index is 429. The van der Waals surface area contributed by atoms with Gasteiger partial charge in [0.15, 0.2) is 0 Å². The first kappa shape index (κ1) is 16.1. The van der Waals surface area contributed by atoms with Gasteiger partial charge in [0.1, 0.15) is 5.75 Å². The molecule has 1 saturated heterocycles. The summed E-state index contributed by atoms with van der Waals surface area (Å²) in [5, 5.41) is 9.76. The highest BCUT2D eigenvalue weighted by molar-refractivity contribution is 5.58. The van der Waals surface area contributed by atoms with Crippen LogP contribution in [-0.2, 0) is 0 Å². The third kappa shape index (κ3) is 4.61. The lowest BCUT2D eigenvalue weighted by atomic mass is 10.2. The van der Waals surface area contributed by atoms with Gasteiger partial charge in [0, 0.05) is 32.7 Å². The summed E-state index contributed by atoms with van der Waals surface area (Å²) in [6.45, 7) is 10.9. The van der Waals surface area contributed by atoms with Gasteiger partial charge in [0.05, 0.1) is 17.9 Å². The standard InChI is InChI=1S/C17H28N2O2/c1-4-15(20)13-18-9-11-19(12-10-18)16-7-5-6-8-17(16)21-14(2)3/h5-8,14-15,20H,4,9-13H2,1-3H3/t15-/m0/s1. The van der Waals surface area contributed by atoms with Crippen LogP contribution in [-0.4, -0.2) is 54.9 Å². The molecule has 1 aromatic carbocycles. The van der Waals surface area contributed by atoms with Gasteiger partial charge in [0.2, 0.25) is 0 Å². The normalized spacial score (nSPS) is 18.0. The van der Waals surface area contributed by atoms with Crippen LogP contribution >= 0.6 is 0 Å². The molecular weight excluding hydrogens is 264 g/mol. The molecule has 1 aromatic rings. The number of benzene rings is 1. The SMILES string of the molecule is CC[C@H](O)CN1CCN(c2ccccc2OC(C)C)CC1. The van der Waals surface area contributed by atoms with Gasteiger partial charge < -0.3 is 14.7 Å². The van der Waals surface area contributed by atoms with Gasteiger partial charge in [-0.05, 0) is 32.4 Å². The number of para-hydroxylation sites is 2. The first-order valence-corrected chi connectivity index (χ1v) is 8.01. The number of aliphatic hydroxyl groups is 1. The average Bonchev–Trinajstić information content (AvgIpc) is 2.48. The molecule has 0 unspecified atom stereocenters. The number of aliphatic hydroxyl groups excluding tert-OH is 1. The smallest absolute Gasteiger partial charge is 0.142 e. The summed E-state index contributed by atoms with van der Waals surface area (Å²) in [6, 6.07) is 8.27. The molecule has 0 spiro atoms. The molecule has 4 nitrogen and oxygen atoms in total. The molecule has 1 N–H and O–H groups in total. The number of β-amino-alcohol motifs (C(OH)–C–C–N with tert-alkyl or cyclic N) is 1. The summed E-state index contributed by atoms with van der Waals surface area (Å²) >= 11 is 0. The molecule has 4 heteroatoms. The van der Waals surface area contributed by atoms with Crippen molar-refractivity contribution in [1.82, 2.24) is 4.90 Å². The number of hydrogen-bond acceptors (Lipinski definition) is 4. The highest BCUT2D eigenvalue weighted by atomic mass is 16.5. The van der Waals surface area contributed by atoms with Gasteiger partial charge in [-0.3, -0.25) is 4.90 Å². The lowest BCUT2D eigenvalue weighted by Gasteiger charge is -2.37. The Morgan fingerprint density at radius 2 is 1.81 bits per heavy atom. The van der Waals surface area contributed by atoms with Crippen LogP contribution in [0, 0.1) is 0 Å². The first-order chi connectivity index (χ1) is 10.1. The maximum atomic E-state index is 9.76. The molecule has 1 atom stereocenters. The van der Waals surface area contributed by atoms with E-state index >= 15 is 0 Å². The van der Waals surface area contributed by atoms with Crippen LogP contribution in [0.1, 0.15) is 27.2 Å². The van der Waals surface area contributed by atoms with E-state index < -0.39 is 0 Å². The minimum Gasteiger partial charge on any atom is -0.489 e. The van der Waals surface area contributed by atoms with Gasteiger partial charge in [0.25, 0.3) is 0 Å². The van der Waals surface area contributed by atoms with Crippen molar-refractivity contribution in [2.45, 2.75) is 39.4 Å². The second-order valence-corrected chi connectivity index (χ2v) is 5.98. The third-order valence-corrected chi connectivity index (χ3v) is 3.88. The lowest BCUT2D eigenvalue weighted by molar-refractivity contribution is 0.106. The molecule has 0 saturated carbocycles. The zero-order valence-electron chi connectivity index (χ0n) is 13.5. The fourth-order valence-corrected chi connectivity index (χ4v) is 2.67. The number of nitrogens with zero attached hydrogens (tertiary/aromatic N) is 2. The number of anilines is 1. The molecular formula is C17H28N2O2. The lowest BCUT2D eigenvalue weighted by Crippen LogP contribution is -2.48. The molecule has 0 aromatic heterocycles. The quantitative estimate of drug-likeness (QED) is 0.873. The monoisotopic (exact) mass is 292 g/mol. The van der Waals surface area contributed by atoms with E-state index in [1.165, 1.54) is 5.69 Å². The average molecular weight is 292 g/mol. The number of piperazine rings is 1. The Morgan fingerprint density at radius 1 is 1.14 bits per heavy atom. The number of rotatable bonds is 6. The highest BCUT2D eigenvalue weighted by Crippen LogP contribution is 2.29. The van der Waals surface area contributed by atoms with E-state index in [2.05, 4.69) is 35.8 Å². The van der Waals surface area contributed by atoms with E-state index in [4.69, 9.17) is 4.74 Å². The minimum absolute atomic E-state index is 0.187. The second-order valence-electron chi connectivity index (χ2n) is 5.98. The maximum Gasteiger partial charge on any atom is 0.142 e. The summed E-state index contributed by atoms with van der Waals surface area (Å²) in [5.41, 5.74) is 1.18. The van der Waals surface area contributed by atoms with Crippen molar-refractivity contribution in [3.8, 4) is 5.75 Å². The van der Waals surface area contributed by atoms with Gasteiger partial charge in [-0.25, -0.2) is 0 Å². The van der Waals surface area contributed by atoms with Crippen molar-refractivity contribution in [3.63, 3.8) is 0 Å². The van der Waals surface area contributed by atoms with Gasteiger partial charge >= 0.3 is 0 Å². The van der Waals surface area contributed by atoms with E-state index in [9.17, 15) is 5.11 Å². The Kier molecular flexibility index (Phi) is 5.88. The largest absolute Gasteiger partial charge is 0.489 e. The van der Waals surface area contributed by atoms with Gasteiger partial charge in [-0.15, -0.1) is 0 Å². The van der Waals surface area contributed by atoms with Crippen LogP contribution in [0.2, 0.25) is 0 Å². The van der Waals surface area contributed by atoms with Crippen LogP contribution in [0.4, 0.5) is 5.69 Å². The fraction of sp³-hybridized carbons (Fsp3) is 0.647. The molecule has 21 heavy (non-hydrogen) atoms. The van der Waals surface area contributed by atoms with Crippen molar-refractivity contribution in [2.75, 3.05) is 37.6 Å². The van der Waals surface area contributed by atoms with E-state index in [1.54, 1.807) is 0 Å². The predicted molar refractivity (Wildman–Crippen MR) is 87.2 cm³/mol. The minimum atomic E-state index is -0.201. The number of hydrogen-bond donors (Lipinski definition) is 1. The molecule has 0 radical (unpaired) electrons. The fourth-order valence-electron chi connectivity index (χ4n) is 2.67. The van der Waals surface area contributed by atoms with Gasteiger partial charge in [-0.1, -0.05) is 19.1 Å². The molecule has 1 aliphatic heterocycles. The Labute approximate surface area is 128 Å². The summed E-state index contributed by atoms with van der Waals surface area (Å²) in [4.78, 5) is 4.73. The van der Waals surface area contributed by atoms with E-state index in [-0.39, 0.29) is 12.2 Å². The maximum absolute atomic E-state index is 9.76. The zero-order valence-corrected chi connectivity index (χ0v) is 13.5. The molecule has 1 heterocycles. The van der Waals surface area contributed by atoms with Crippen LogP contribution in [0.15, 0.2) is 24.3 Å². The molecule has 2 rings (SSSR count). The second kappa shape index (κ2) is 7.66. The first-order valence-electron chi connectivity index (χ1n) is 8.01. The van der Waals surface area contributed by atoms with Crippen LogP contribution in [0.25, 0.3) is 0 Å². The van der Waals surface area contributed by atoms with E-state index in [0.29, 0.717) is 0 Å². The molecule has 0 amide bonds. The highest BCUT2D eigenvalue weighted by Gasteiger charge is 2.21. The topological polar surface area (TPSA) is 35.9 Å². The van der Waals surface area contributed by atoms with Crippen molar-refractivity contribution >= 4 is 5.69 Å². The Balaban J connectivity index is 1.96. The van der Waals surface area contributed by atoms with Crippen molar-refractivity contribution in [1.29, 1.82) is 0 Å². The third-order valence-electron chi connectivity index (χ3n) is 3.88. The van der Waals surface area contributed by atoms with Crippen molar-refractivity contribution < 1.29 is 9.84 Å². The van der Waals surface area contributed by atoms with E-state index in [0.717, 1.165) is 44.9 Å². The van der Waals surface area contributed by atoms with Crippen molar-refractivity contribution in [2.24, 2.45) is 0 Å². The summed E-state index contributed by atoms with van der Waals surface area (Å²) in [7, 11) is 0. The summed E-state index contributed by atoms with van der Waals surface area (Å²) in [6.07, 6.45) is 0.811. The predicted octanol–water partition coefficient (Wildman–Crippen LogP) is 2.37. The van der Waals surface area contributed by atoms with Gasteiger partial charge in [-0.2, -0.15) is 0 Å². The molecule has 1 aliphatic rings. The van der Waals surface area contributed by atoms with Crippen molar-refractivity contribution in [3.05, 3.63) is 24.3 Å². The van der Waals surface area contributed by atoms with Crippen LogP contribution in [0.3, 0.4) is 0 Å². The molecule has 0 bridgehead atoms. The molecule has 118 valence electrons. The van der Waals surface area contributed by atoms with Crippen LogP contribution < -0.4 is 9.64 Å². The molecule has 0 aliphatic carbocycles. The molecule has 1 fully saturated rings. The van der Waals surface area contributed by atoms with E-state index in [1.807, 2.05) is 19.1 Å².